The molecule has 2 aromatic carbocycles. The lowest BCUT2D eigenvalue weighted by Crippen LogP contribution is -2.62. The SMILES string of the molecule is COc1c(CN2O[C@@H](CO)[C@@H]([C@H](C)O)[C@H]2C(=O)N[C@H]2C[C@@H]3C[C@H]([C@@H]2C)C3(C)C)cccc1-c1cc(C(=O)N[C@H](CN(C)C)CC(C)(C)C)cc(N(C)C)c1. The highest BCUT2D eigenvalue weighted by Crippen LogP contribution is 2.61. The molecule has 11 nitrogen and oxygen atoms in total. The van der Waals surface area contributed by atoms with Crippen LogP contribution in [0.1, 0.15) is 83.7 Å². The molecule has 1 heterocycles. The number of carbonyl (C=O) groups is 2. The Kier molecular flexibility index (Phi) is 12.8. The maximum Gasteiger partial charge on any atom is 0.251 e. The molecule has 1 aliphatic heterocycles. The fraction of sp³-hybridized carbons (Fsp3) is 0.674. The van der Waals surface area contributed by atoms with Gasteiger partial charge < -0.3 is 35.4 Å². The van der Waals surface area contributed by atoms with Gasteiger partial charge in [0.1, 0.15) is 17.9 Å². The number of para-hydroxylation sites is 1. The van der Waals surface area contributed by atoms with Crippen LogP contribution in [-0.4, -0.2) is 111 Å². The second-order valence-electron chi connectivity index (χ2n) is 18.6. The van der Waals surface area contributed by atoms with Crippen LogP contribution in [-0.2, 0) is 16.2 Å². The van der Waals surface area contributed by atoms with E-state index in [0.717, 1.165) is 41.8 Å². The number of rotatable bonds is 14. The monoisotopic (exact) mass is 750 g/mol. The molecular weight excluding hydrogens is 683 g/mol. The number of fused-ring (bicyclic) bond motifs is 2. The minimum absolute atomic E-state index is 0.0329. The summed E-state index contributed by atoms with van der Waals surface area (Å²) >= 11 is 0. The number of carbonyl (C=O) groups excluding carboxylic acids is 2. The second kappa shape index (κ2) is 16.5. The second-order valence-corrected chi connectivity index (χ2v) is 18.6. The number of aliphatic hydroxyl groups is 2. The number of nitrogens with zero attached hydrogens (tertiary/aromatic N) is 3. The van der Waals surface area contributed by atoms with Crippen LogP contribution in [0.25, 0.3) is 11.1 Å². The molecule has 54 heavy (non-hydrogen) atoms. The average molecular weight is 750 g/mol. The van der Waals surface area contributed by atoms with Gasteiger partial charge in [-0.05, 0) is 92.6 Å². The van der Waals surface area contributed by atoms with Crippen molar-refractivity contribution in [1.82, 2.24) is 20.6 Å². The Morgan fingerprint density at radius 3 is 2.37 bits per heavy atom. The van der Waals surface area contributed by atoms with Crippen molar-refractivity contribution in [2.75, 3.05) is 53.4 Å². The first-order chi connectivity index (χ1) is 25.2. The fourth-order valence-corrected chi connectivity index (χ4v) is 9.60. The molecule has 0 spiro atoms. The molecule has 4 aliphatic rings. The number of aliphatic hydroxyl groups excluding tert-OH is 2. The minimum atomic E-state index is -0.897. The first kappa shape index (κ1) is 41.9. The molecule has 4 fully saturated rings. The number of likely N-dealkylation sites (N-methyl/N-ethyl adjacent to an activating group) is 1. The van der Waals surface area contributed by atoms with Crippen molar-refractivity contribution >= 4 is 17.5 Å². The number of benzene rings is 2. The standard InChI is InChI=1S/C43H67N5O6/c1-25-34-19-30(43(34,6)7)20-35(25)45-41(52)38-37(26(2)50)36(24-49)54-48(38)22-27-14-13-15-33(39(27)53-12)28-16-29(18-32(17-28)47(10)11)40(51)44-31(23-46(8)9)21-42(3,4)5/h13-18,25-26,30-31,34-38,49-50H,19-24H2,1-12H3,(H,44,51)(H,45,52)/t25-,26-,30-,31-,34+,35-,36-,37+,38-/m0/s1. The van der Waals surface area contributed by atoms with E-state index in [9.17, 15) is 19.8 Å². The molecule has 1 saturated heterocycles. The van der Waals surface area contributed by atoms with Gasteiger partial charge in [0, 0.05) is 61.0 Å². The molecule has 4 N–H and O–H groups in total. The van der Waals surface area contributed by atoms with Gasteiger partial charge in [-0.25, -0.2) is 0 Å². The molecule has 0 aromatic heterocycles. The van der Waals surface area contributed by atoms with Crippen LogP contribution in [0, 0.1) is 34.5 Å². The Labute approximate surface area is 323 Å². The highest BCUT2D eigenvalue weighted by atomic mass is 16.7. The van der Waals surface area contributed by atoms with Crippen LogP contribution in [0.5, 0.6) is 5.75 Å². The zero-order valence-corrected chi connectivity index (χ0v) is 34.8. The van der Waals surface area contributed by atoms with Crippen LogP contribution in [0.15, 0.2) is 36.4 Å². The summed E-state index contributed by atoms with van der Waals surface area (Å²) in [5.74, 6) is 1.08. The zero-order valence-electron chi connectivity index (χ0n) is 34.8. The van der Waals surface area contributed by atoms with E-state index in [4.69, 9.17) is 9.57 Å². The van der Waals surface area contributed by atoms with E-state index in [-0.39, 0.29) is 47.9 Å². The molecule has 0 unspecified atom stereocenters. The molecule has 6 rings (SSSR count). The molecule has 2 aromatic rings. The topological polar surface area (TPSA) is 127 Å². The quantitative estimate of drug-likeness (QED) is 0.207. The van der Waals surface area contributed by atoms with E-state index in [1.807, 2.05) is 69.5 Å². The first-order valence-corrected chi connectivity index (χ1v) is 19.7. The van der Waals surface area contributed by atoms with E-state index in [1.165, 1.54) is 6.42 Å². The smallest absolute Gasteiger partial charge is 0.251 e. The first-order valence-electron chi connectivity index (χ1n) is 19.7. The molecule has 2 amide bonds. The van der Waals surface area contributed by atoms with Crippen LogP contribution >= 0.6 is 0 Å². The highest BCUT2D eigenvalue weighted by Gasteiger charge is 2.57. The van der Waals surface area contributed by atoms with Crippen LogP contribution in [0.4, 0.5) is 5.69 Å². The van der Waals surface area contributed by atoms with Gasteiger partial charge in [-0.3, -0.25) is 14.4 Å². The molecule has 0 radical (unpaired) electrons. The number of nitrogens with one attached hydrogen (secondary N) is 2. The maximum atomic E-state index is 14.3. The molecule has 300 valence electrons. The lowest BCUT2D eigenvalue weighted by Gasteiger charge is -2.62. The Hall–Kier alpha value is -3.22. The van der Waals surface area contributed by atoms with Gasteiger partial charge in [0.05, 0.1) is 26.4 Å². The highest BCUT2D eigenvalue weighted by molar-refractivity contribution is 5.97. The lowest BCUT2D eigenvalue weighted by atomic mass is 9.45. The van der Waals surface area contributed by atoms with E-state index in [0.29, 0.717) is 29.1 Å². The lowest BCUT2D eigenvalue weighted by molar-refractivity contribution is -0.183. The summed E-state index contributed by atoms with van der Waals surface area (Å²) in [6.45, 7) is 15.7. The third-order valence-electron chi connectivity index (χ3n) is 12.5. The van der Waals surface area contributed by atoms with Crippen molar-refractivity contribution in [1.29, 1.82) is 0 Å². The van der Waals surface area contributed by atoms with Crippen molar-refractivity contribution in [3.63, 3.8) is 0 Å². The van der Waals surface area contributed by atoms with Crippen molar-refractivity contribution in [3.05, 3.63) is 47.5 Å². The molecule has 2 bridgehead atoms. The number of hydroxylamine groups is 2. The minimum Gasteiger partial charge on any atom is -0.496 e. The van der Waals surface area contributed by atoms with Crippen molar-refractivity contribution in [2.24, 2.45) is 34.5 Å². The average Bonchev–Trinajstić information content (AvgIpc) is 3.46. The number of amides is 2. The Bertz CT molecular complexity index is 1640. The summed E-state index contributed by atoms with van der Waals surface area (Å²) < 4.78 is 6.10. The number of anilines is 1. The number of methoxy groups -OCH3 is 1. The van der Waals surface area contributed by atoms with E-state index in [1.54, 1.807) is 19.1 Å². The predicted octanol–water partition coefficient (Wildman–Crippen LogP) is 5.19. The number of hydrogen-bond donors (Lipinski definition) is 4. The largest absolute Gasteiger partial charge is 0.496 e. The maximum absolute atomic E-state index is 14.3. The van der Waals surface area contributed by atoms with Gasteiger partial charge in [0.2, 0.25) is 5.91 Å². The van der Waals surface area contributed by atoms with Gasteiger partial charge in [-0.2, -0.15) is 5.06 Å². The predicted molar refractivity (Wildman–Crippen MR) is 214 cm³/mol. The Morgan fingerprint density at radius 2 is 1.81 bits per heavy atom. The Balaban J connectivity index is 1.45. The third kappa shape index (κ3) is 8.91. The van der Waals surface area contributed by atoms with Crippen LogP contribution < -0.4 is 20.3 Å². The van der Waals surface area contributed by atoms with Gasteiger partial charge in [-0.15, -0.1) is 0 Å². The summed E-state index contributed by atoms with van der Waals surface area (Å²) in [4.78, 5) is 38.6. The van der Waals surface area contributed by atoms with Gasteiger partial charge in [0.25, 0.3) is 5.91 Å². The molecule has 3 aliphatic carbocycles. The van der Waals surface area contributed by atoms with Crippen LogP contribution in [0.2, 0.25) is 0 Å². The Morgan fingerprint density at radius 1 is 1.11 bits per heavy atom. The van der Waals surface area contributed by atoms with Crippen molar-refractivity contribution in [2.45, 2.75) is 105 Å². The van der Waals surface area contributed by atoms with Gasteiger partial charge in [0.15, 0.2) is 0 Å². The normalized spacial score (nSPS) is 27.6. The van der Waals surface area contributed by atoms with E-state index in [2.05, 4.69) is 57.1 Å². The summed E-state index contributed by atoms with van der Waals surface area (Å²) in [7, 11) is 9.55. The molecule has 9 atom stereocenters. The summed E-state index contributed by atoms with van der Waals surface area (Å²) in [5, 5.41) is 29.6. The molecule has 11 heteroatoms. The van der Waals surface area contributed by atoms with Crippen molar-refractivity contribution in [3.8, 4) is 16.9 Å². The van der Waals surface area contributed by atoms with Crippen LogP contribution in [0.3, 0.4) is 0 Å². The fourth-order valence-electron chi connectivity index (χ4n) is 9.60. The number of hydrogen-bond acceptors (Lipinski definition) is 9. The third-order valence-corrected chi connectivity index (χ3v) is 12.5. The molecule has 3 saturated carbocycles. The van der Waals surface area contributed by atoms with Gasteiger partial charge in [-0.1, -0.05) is 59.7 Å². The van der Waals surface area contributed by atoms with Crippen molar-refractivity contribution < 1.29 is 29.4 Å². The summed E-state index contributed by atoms with van der Waals surface area (Å²) in [5.41, 5.74) is 4.10. The van der Waals surface area contributed by atoms with Gasteiger partial charge >= 0.3 is 0 Å². The van der Waals surface area contributed by atoms with E-state index >= 15 is 0 Å². The molecular formula is C43H67N5O6. The number of ether oxygens (including phenoxy) is 1. The summed E-state index contributed by atoms with van der Waals surface area (Å²) in [6, 6.07) is 10.9. The zero-order chi connectivity index (χ0) is 39.9. The summed E-state index contributed by atoms with van der Waals surface area (Å²) in [6.07, 6.45) is 1.32. The van der Waals surface area contributed by atoms with E-state index < -0.39 is 24.2 Å².